The minimum absolute atomic E-state index is 0.0738. The fraction of sp³-hybridized carbons (Fsp3) is 0.0909. The maximum Gasteiger partial charge on any atom is 0.347 e. The fourth-order valence-corrected chi connectivity index (χ4v) is 3.09. The van der Waals surface area contributed by atoms with Crippen molar-refractivity contribution in [1.82, 2.24) is 0 Å². The number of Topliss-reactive ketones (excluding diaryl/α,β-unsaturated/α-hetero) is 1. The van der Waals surface area contributed by atoms with E-state index < -0.39 is 5.63 Å². The van der Waals surface area contributed by atoms with Gasteiger partial charge < -0.3 is 9.15 Å². The molecule has 3 aromatic carbocycles. The van der Waals surface area contributed by atoms with Gasteiger partial charge in [0.2, 0.25) is 0 Å². The van der Waals surface area contributed by atoms with Crippen molar-refractivity contribution in [2.45, 2.75) is 6.42 Å². The van der Waals surface area contributed by atoms with E-state index in [2.05, 4.69) is 0 Å². The molecule has 0 radical (unpaired) electrons. The molecule has 4 aromatic rings. The van der Waals surface area contributed by atoms with E-state index in [1.54, 1.807) is 31.4 Å². The quantitative estimate of drug-likeness (QED) is 0.313. The molecule has 128 valence electrons. The summed E-state index contributed by atoms with van der Waals surface area (Å²) in [5.74, 6) is 0.455. The number of hydrogen-bond donors (Lipinski definition) is 0. The van der Waals surface area contributed by atoms with Gasteiger partial charge in [0.1, 0.15) is 16.9 Å². The highest BCUT2D eigenvalue weighted by Crippen LogP contribution is 2.25. The Morgan fingerprint density at radius 2 is 1.73 bits per heavy atom. The Morgan fingerprint density at radius 1 is 0.962 bits per heavy atom. The van der Waals surface area contributed by atoms with Crippen LogP contribution in [0.15, 0.2) is 75.9 Å². The van der Waals surface area contributed by atoms with Gasteiger partial charge >= 0.3 is 5.63 Å². The van der Waals surface area contributed by atoms with Crippen molar-refractivity contribution in [3.8, 4) is 5.75 Å². The molecule has 0 saturated carbocycles. The van der Waals surface area contributed by atoms with E-state index in [9.17, 15) is 9.59 Å². The number of carbonyl (C=O) groups excluding carboxylic acids is 1. The lowest BCUT2D eigenvalue weighted by molar-refractivity contribution is 0.0989. The Labute approximate surface area is 149 Å². The molecule has 0 aliphatic carbocycles. The second-order valence-corrected chi connectivity index (χ2v) is 6.09. The first kappa shape index (κ1) is 16.1. The molecule has 1 aromatic heterocycles. The van der Waals surface area contributed by atoms with Gasteiger partial charge in [0, 0.05) is 11.8 Å². The highest BCUT2D eigenvalue weighted by molar-refractivity contribution is 6.08. The summed E-state index contributed by atoms with van der Waals surface area (Å²) in [4.78, 5) is 25.0. The molecule has 0 atom stereocenters. The molecule has 0 saturated heterocycles. The smallest absolute Gasteiger partial charge is 0.347 e. The summed E-state index contributed by atoms with van der Waals surface area (Å²) in [7, 11) is 1.59. The number of fused-ring (bicyclic) bond motifs is 3. The molecular formula is C22H16O4. The first-order valence-corrected chi connectivity index (χ1v) is 8.27. The van der Waals surface area contributed by atoms with Crippen molar-refractivity contribution in [3.63, 3.8) is 0 Å². The zero-order valence-electron chi connectivity index (χ0n) is 14.2. The predicted molar refractivity (Wildman–Crippen MR) is 101 cm³/mol. The van der Waals surface area contributed by atoms with Crippen LogP contribution >= 0.6 is 0 Å². The Hall–Kier alpha value is -3.40. The molecule has 0 amide bonds. The largest absolute Gasteiger partial charge is 0.497 e. The first-order valence-electron chi connectivity index (χ1n) is 8.27. The van der Waals surface area contributed by atoms with Crippen LogP contribution < -0.4 is 10.4 Å². The summed E-state index contributed by atoms with van der Waals surface area (Å²) in [5, 5.41) is 2.75. The van der Waals surface area contributed by atoms with E-state index in [0.29, 0.717) is 5.58 Å². The average Bonchev–Trinajstić information content (AvgIpc) is 2.67. The standard InChI is InChI=1S/C22H16O4/c1-25-16-9-6-14(7-10-16)12-20(23)19-13-18-17-5-3-2-4-15(17)8-11-21(18)26-22(19)24/h2-11,13H,12H2,1H3. The van der Waals surface area contributed by atoms with Crippen LogP contribution in [0.1, 0.15) is 15.9 Å². The van der Waals surface area contributed by atoms with Gasteiger partial charge in [-0.3, -0.25) is 4.79 Å². The highest BCUT2D eigenvalue weighted by atomic mass is 16.5. The van der Waals surface area contributed by atoms with E-state index in [0.717, 1.165) is 27.5 Å². The lowest BCUT2D eigenvalue weighted by Gasteiger charge is -2.06. The van der Waals surface area contributed by atoms with E-state index in [-0.39, 0.29) is 17.8 Å². The molecule has 4 heteroatoms. The predicted octanol–water partition coefficient (Wildman–Crippen LogP) is 4.38. The topological polar surface area (TPSA) is 56.5 Å². The SMILES string of the molecule is COc1ccc(CC(=O)c2cc3c(ccc4ccccc43)oc2=O)cc1. The monoisotopic (exact) mass is 344 g/mol. The molecule has 0 fully saturated rings. The minimum Gasteiger partial charge on any atom is -0.497 e. The van der Waals surface area contributed by atoms with Crippen molar-refractivity contribution < 1.29 is 13.9 Å². The molecule has 0 aliphatic rings. The second-order valence-electron chi connectivity index (χ2n) is 6.09. The van der Waals surface area contributed by atoms with Gasteiger partial charge in [0.05, 0.1) is 7.11 Å². The molecular weight excluding hydrogens is 328 g/mol. The fourth-order valence-electron chi connectivity index (χ4n) is 3.09. The van der Waals surface area contributed by atoms with Crippen molar-refractivity contribution >= 4 is 27.5 Å². The van der Waals surface area contributed by atoms with E-state index >= 15 is 0 Å². The van der Waals surface area contributed by atoms with Crippen molar-refractivity contribution in [1.29, 1.82) is 0 Å². The Kier molecular flexibility index (Phi) is 4.01. The molecule has 4 rings (SSSR count). The van der Waals surface area contributed by atoms with Crippen LogP contribution in [0.4, 0.5) is 0 Å². The summed E-state index contributed by atoms with van der Waals surface area (Å²) in [6, 6.07) is 20.3. The van der Waals surface area contributed by atoms with Gasteiger partial charge in [-0.2, -0.15) is 0 Å². The van der Waals surface area contributed by atoms with Crippen LogP contribution in [0, 0.1) is 0 Å². The third-order valence-corrected chi connectivity index (χ3v) is 4.47. The molecule has 0 spiro atoms. The van der Waals surface area contributed by atoms with E-state index in [4.69, 9.17) is 9.15 Å². The van der Waals surface area contributed by atoms with Crippen LogP contribution in [0.5, 0.6) is 5.75 Å². The summed E-state index contributed by atoms with van der Waals surface area (Å²) in [6.45, 7) is 0. The van der Waals surface area contributed by atoms with E-state index in [1.807, 2.05) is 42.5 Å². The van der Waals surface area contributed by atoms with Crippen molar-refractivity contribution in [2.75, 3.05) is 7.11 Å². The summed E-state index contributed by atoms with van der Waals surface area (Å²) in [6.07, 6.45) is 0.130. The van der Waals surface area contributed by atoms with Gasteiger partial charge in [-0.15, -0.1) is 0 Å². The molecule has 1 heterocycles. The van der Waals surface area contributed by atoms with Crippen molar-refractivity contribution in [3.05, 3.63) is 88.3 Å². The van der Waals surface area contributed by atoms with Crippen LogP contribution in [0.2, 0.25) is 0 Å². The number of ether oxygens (including phenoxy) is 1. The second kappa shape index (κ2) is 6.48. The van der Waals surface area contributed by atoms with Crippen molar-refractivity contribution in [2.24, 2.45) is 0 Å². The minimum atomic E-state index is -0.605. The number of methoxy groups -OCH3 is 1. The number of carbonyl (C=O) groups is 1. The first-order chi connectivity index (χ1) is 12.7. The summed E-state index contributed by atoms with van der Waals surface area (Å²) < 4.78 is 10.5. The Morgan fingerprint density at radius 3 is 2.50 bits per heavy atom. The van der Waals surface area contributed by atoms with Crippen LogP contribution in [-0.2, 0) is 6.42 Å². The zero-order chi connectivity index (χ0) is 18.1. The Balaban J connectivity index is 1.77. The van der Waals surface area contributed by atoms with Crippen LogP contribution in [0.3, 0.4) is 0 Å². The van der Waals surface area contributed by atoms with Gasteiger partial charge in [-0.1, -0.05) is 42.5 Å². The number of benzene rings is 3. The van der Waals surface area contributed by atoms with Crippen LogP contribution in [0.25, 0.3) is 21.7 Å². The lowest BCUT2D eigenvalue weighted by Crippen LogP contribution is -2.15. The Bertz CT molecular complexity index is 1170. The number of hydrogen-bond acceptors (Lipinski definition) is 4. The average molecular weight is 344 g/mol. The normalized spacial score (nSPS) is 11.0. The molecule has 0 aliphatic heterocycles. The maximum absolute atomic E-state index is 12.7. The molecule has 0 N–H and O–H groups in total. The van der Waals surface area contributed by atoms with Gasteiger partial charge in [0.25, 0.3) is 0 Å². The summed E-state index contributed by atoms with van der Waals surface area (Å²) in [5.41, 5.74) is 0.763. The van der Waals surface area contributed by atoms with E-state index in [1.165, 1.54) is 0 Å². The third-order valence-electron chi connectivity index (χ3n) is 4.47. The maximum atomic E-state index is 12.7. The third kappa shape index (κ3) is 2.86. The lowest BCUT2D eigenvalue weighted by atomic mass is 10.0. The molecule has 4 nitrogen and oxygen atoms in total. The zero-order valence-corrected chi connectivity index (χ0v) is 14.2. The van der Waals surface area contributed by atoms with Gasteiger partial charge in [-0.05, 0) is 40.6 Å². The van der Waals surface area contributed by atoms with Crippen LogP contribution in [-0.4, -0.2) is 12.9 Å². The van der Waals surface area contributed by atoms with Gasteiger partial charge in [-0.25, -0.2) is 4.79 Å². The molecule has 0 bridgehead atoms. The van der Waals surface area contributed by atoms with Gasteiger partial charge in [0.15, 0.2) is 5.78 Å². The summed E-state index contributed by atoms with van der Waals surface area (Å²) >= 11 is 0. The molecule has 0 unspecified atom stereocenters. The highest BCUT2D eigenvalue weighted by Gasteiger charge is 2.15. The molecule has 26 heavy (non-hydrogen) atoms. The number of rotatable bonds is 4. The number of ketones is 1.